The zero-order valence-electron chi connectivity index (χ0n) is 10.3. The molecule has 18 heavy (non-hydrogen) atoms. The van der Waals surface area contributed by atoms with Gasteiger partial charge in [0.1, 0.15) is 0 Å². The summed E-state index contributed by atoms with van der Waals surface area (Å²) in [7, 11) is 3.36. The van der Waals surface area contributed by atoms with Crippen molar-refractivity contribution in [2.75, 3.05) is 17.7 Å². The maximum Gasteiger partial charge on any atom is 0.270 e. The smallest absolute Gasteiger partial charge is 0.270 e. The van der Waals surface area contributed by atoms with Crippen LogP contribution >= 0.6 is 0 Å². The van der Waals surface area contributed by atoms with Crippen molar-refractivity contribution in [3.63, 3.8) is 0 Å². The van der Waals surface area contributed by atoms with Crippen LogP contribution in [0.5, 0.6) is 0 Å². The van der Waals surface area contributed by atoms with Crippen molar-refractivity contribution < 1.29 is 4.79 Å². The first-order valence-corrected chi connectivity index (χ1v) is 5.30. The van der Waals surface area contributed by atoms with Crippen molar-refractivity contribution in [3.05, 3.63) is 23.5 Å². The number of tetrazole rings is 1. The van der Waals surface area contributed by atoms with E-state index < -0.39 is 0 Å². The topological polar surface area (TPSA) is 97.6 Å². The van der Waals surface area contributed by atoms with Crippen LogP contribution in [-0.2, 0) is 7.05 Å². The third-order valence-electron chi connectivity index (χ3n) is 2.29. The molecule has 0 saturated carbocycles. The summed E-state index contributed by atoms with van der Waals surface area (Å²) in [4.78, 5) is 17.4. The SMILES string of the molecule is CNc1cc(C)ncc1C(=O)Nc1nnn(C)n1. The van der Waals surface area contributed by atoms with Gasteiger partial charge in [0.2, 0.25) is 0 Å². The summed E-state index contributed by atoms with van der Waals surface area (Å²) in [5.41, 5.74) is 1.95. The third-order valence-corrected chi connectivity index (χ3v) is 2.29. The maximum atomic E-state index is 12.0. The van der Waals surface area contributed by atoms with Crippen molar-refractivity contribution in [1.29, 1.82) is 0 Å². The largest absolute Gasteiger partial charge is 0.387 e. The minimum absolute atomic E-state index is 0.158. The Morgan fingerprint density at radius 1 is 1.44 bits per heavy atom. The summed E-state index contributed by atoms with van der Waals surface area (Å²) in [6, 6.07) is 1.79. The van der Waals surface area contributed by atoms with Crippen LogP contribution in [0.2, 0.25) is 0 Å². The lowest BCUT2D eigenvalue weighted by molar-refractivity contribution is 0.102. The fraction of sp³-hybridized carbons (Fsp3) is 0.300. The number of carbonyl (C=O) groups excluding carboxylic acids is 1. The Morgan fingerprint density at radius 3 is 2.83 bits per heavy atom. The lowest BCUT2D eigenvalue weighted by Crippen LogP contribution is -2.15. The van der Waals surface area contributed by atoms with E-state index in [1.54, 1.807) is 20.2 Å². The molecule has 2 aromatic rings. The summed E-state index contributed by atoms with van der Waals surface area (Å²) >= 11 is 0. The van der Waals surface area contributed by atoms with Gasteiger partial charge in [-0.05, 0) is 18.2 Å². The first-order chi connectivity index (χ1) is 8.60. The normalized spacial score (nSPS) is 10.2. The average molecular weight is 247 g/mol. The molecule has 8 heteroatoms. The van der Waals surface area contributed by atoms with E-state index in [9.17, 15) is 4.79 Å². The predicted octanol–water partition coefficient (Wildman–Crippen LogP) is 0.208. The van der Waals surface area contributed by atoms with E-state index in [0.717, 1.165) is 5.69 Å². The van der Waals surface area contributed by atoms with E-state index in [1.165, 1.54) is 11.0 Å². The molecule has 2 rings (SSSR count). The van der Waals surface area contributed by atoms with E-state index in [2.05, 4.69) is 31.0 Å². The molecule has 0 unspecified atom stereocenters. The Hall–Kier alpha value is -2.51. The van der Waals surface area contributed by atoms with E-state index >= 15 is 0 Å². The van der Waals surface area contributed by atoms with Crippen LogP contribution < -0.4 is 10.6 Å². The number of hydrogen-bond donors (Lipinski definition) is 2. The molecule has 0 saturated heterocycles. The third kappa shape index (κ3) is 2.42. The van der Waals surface area contributed by atoms with Gasteiger partial charge < -0.3 is 5.32 Å². The molecular weight excluding hydrogens is 234 g/mol. The van der Waals surface area contributed by atoms with Crippen molar-refractivity contribution in [3.8, 4) is 0 Å². The number of carbonyl (C=O) groups is 1. The van der Waals surface area contributed by atoms with Crippen LogP contribution in [0.15, 0.2) is 12.3 Å². The summed E-state index contributed by atoms with van der Waals surface area (Å²) in [6.07, 6.45) is 1.51. The Bertz CT molecular complexity index is 577. The average Bonchev–Trinajstić information content (AvgIpc) is 2.74. The molecule has 0 radical (unpaired) electrons. The number of anilines is 2. The number of hydrogen-bond acceptors (Lipinski definition) is 6. The van der Waals surface area contributed by atoms with Crippen LogP contribution in [0, 0.1) is 6.92 Å². The minimum atomic E-state index is -0.333. The van der Waals surface area contributed by atoms with E-state index in [0.29, 0.717) is 11.3 Å². The van der Waals surface area contributed by atoms with Gasteiger partial charge in [-0.15, -0.1) is 5.10 Å². The number of amides is 1. The number of nitrogens with zero attached hydrogens (tertiary/aromatic N) is 5. The molecule has 2 N–H and O–H groups in total. The molecule has 0 aliphatic carbocycles. The van der Waals surface area contributed by atoms with Crippen molar-refractivity contribution in [1.82, 2.24) is 25.2 Å². The van der Waals surface area contributed by atoms with Crippen LogP contribution in [0.1, 0.15) is 16.1 Å². The summed E-state index contributed by atoms with van der Waals surface area (Å²) in [5, 5.41) is 16.7. The summed E-state index contributed by atoms with van der Waals surface area (Å²) in [6.45, 7) is 1.85. The zero-order valence-corrected chi connectivity index (χ0v) is 10.3. The van der Waals surface area contributed by atoms with Crippen LogP contribution in [0.4, 0.5) is 11.6 Å². The second-order valence-corrected chi connectivity index (χ2v) is 3.68. The highest BCUT2D eigenvalue weighted by molar-refractivity contribution is 6.07. The summed E-state index contributed by atoms with van der Waals surface area (Å²) in [5.74, 6) is -0.176. The van der Waals surface area contributed by atoms with Gasteiger partial charge in [0.15, 0.2) is 0 Å². The standard InChI is InChI=1S/C10H13N7O/c1-6-4-8(11-2)7(5-12-6)9(18)13-10-14-16-17(3)15-10/h4-5H,1-3H3,(H,11,12)(H,13,15,18). The number of rotatable bonds is 3. The lowest BCUT2D eigenvalue weighted by Gasteiger charge is -2.08. The lowest BCUT2D eigenvalue weighted by atomic mass is 10.2. The Labute approximate surface area is 103 Å². The van der Waals surface area contributed by atoms with Gasteiger partial charge in [-0.3, -0.25) is 15.1 Å². The van der Waals surface area contributed by atoms with Gasteiger partial charge in [-0.25, -0.2) is 0 Å². The highest BCUT2D eigenvalue weighted by atomic mass is 16.1. The predicted molar refractivity (Wildman–Crippen MR) is 65.3 cm³/mol. The zero-order chi connectivity index (χ0) is 13.1. The molecule has 94 valence electrons. The Morgan fingerprint density at radius 2 is 2.22 bits per heavy atom. The van der Waals surface area contributed by atoms with Gasteiger partial charge in [-0.2, -0.15) is 4.80 Å². The summed E-state index contributed by atoms with van der Waals surface area (Å²) < 4.78 is 0. The highest BCUT2D eigenvalue weighted by Gasteiger charge is 2.13. The molecule has 1 amide bonds. The number of pyridine rings is 1. The molecule has 0 atom stereocenters. The minimum Gasteiger partial charge on any atom is -0.387 e. The fourth-order valence-electron chi connectivity index (χ4n) is 1.45. The number of nitrogens with one attached hydrogen (secondary N) is 2. The van der Waals surface area contributed by atoms with E-state index in [1.807, 2.05) is 6.92 Å². The van der Waals surface area contributed by atoms with Crippen molar-refractivity contribution in [2.45, 2.75) is 6.92 Å². The van der Waals surface area contributed by atoms with Crippen LogP contribution in [0.25, 0.3) is 0 Å². The number of aryl methyl sites for hydroxylation is 2. The Balaban J connectivity index is 2.23. The van der Waals surface area contributed by atoms with Gasteiger partial charge in [0.05, 0.1) is 18.3 Å². The Kier molecular flexibility index (Phi) is 3.18. The monoisotopic (exact) mass is 247 g/mol. The molecule has 0 fully saturated rings. The molecule has 0 aliphatic rings. The fourth-order valence-corrected chi connectivity index (χ4v) is 1.45. The molecule has 0 spiro atoms. The maximum absolute atomic E-state index is 12.0. The van der Waals surface area contributed by atoms with Crippen molar-refractivity contribution >= 4 is 17.5 Å². The van der Waals surface area contributed by atoms with E-state index in [4.69, 9.17) is 0 Å². The second-order valence-electron chi connectivity index (χ2n) is 3.68. The number of aromatic nitrogens is 5. The first kappa shape index (κ1) is 12.0. The van der Waals surface area contributed by atoms with Crippen LogP contribution in [-0.4, -0.2) is 38.1 Å². The van der Waals surface area contributed by atoms with E-state index in [-0.39, 0.29) is 11.9 Å². The van der Waals surface area contributed by atoms with Crippen LogP contribution in [0.3, 0.4) is 0 Å². The van der Waals surface area contributed by atoms with Gasteiger partial charge in [0, 0.05) is 18.9 Å². The molecule has 2 aromatic heterocycles. The molecule has 0 aromatic carbocycles. The molecule has 0 bridgehead atoms. The molecule has 8 nitrogen and oxygen atoms in total. The quantitative estimate of drug-likeness (QED) is 0.804. The molecule has 0 aliphatic heterocycles. The highest BCUT2D eigenvalue weighted by Crippen LogP contribution is 2.15. The molecular formula is C10H13N7O. The molecule has 2 heterocycles. The van der Waals surface area contributed by atoms with Gasteiger partial charge >= 0.3 is 0 Å². The first-order valence-electron chi connectivity index (χ1n) is 5.30. The van der Waals surface area contributed by atoms with Crippen molar-refractivity contribution in [2.24, 2.45) is 7.05 Å². The second kappa shape index (κ2) is 4.78. The van der Waals surface area contributed by atoms with Gasteiger partial charge in [0.25, 0.3) is 11.9 Å². The van der Waals surface area contributed by atoms with Gasteiger partial charge in [-0.1, -0.05) is 5.10 Å².